The Morgan fingerprint density at radius 3 is 3.00 bits per heavy atom. The predicted octanol–water partition coefficient (Wildman–Crippen LogP) is 0.783. The van der Waals surface area contributed by atoms with Crippen molar-refractivity contribution in [3.8, 4) is 0 Å². The maximum atomic E-state index is 5.70. The highest BCUT2D eigenvalue weighted by Crippen LogP contribution is 2.08. The van der Waals surface area contributed by atoms with Crippen LogP contribution in [0.25, 0.3) is 0 Å². The lowest BCUT2D eigenvalue weighted by molar-refractivity contribution is 0.112. The van der Waals surface area contributed by atoms with Gasteiger partial charge < -0.3 is 14.5 Å². The van der Waals surface area contributed by atoms with Crippen LogP contribution in [-0.2, 0) is 11.3 Å². The van der Waals surface area contributed by atoms with Crippen LogP contribution in [0.5, 0.6) is 0 Å². The molecule has 1 aliphatic rings. The van der Waals surface area contributed by atoms with E-state index in [2.05, 4.69) is 29.0 Å². The second-order valence-corrected chi connectivity index (χ2v) is 5.63. The van der Waals surface area contributed by atoms with Crippen LogP contribution >= 0.6 is 0 Å². The van der Waals surface area contributed by atoms with Crippen LogP contribution in [0.15, 0.2) is 18.5 Å². The summed E-state index contributed by atoms with van der Waals surface area (Å²) in [6, 6.07) is 1.98. The van der Waals surface area contributed by atoms with E-state index in [9.17, 15) is 0 Å². The molecular formula is C14H26N4O. The van der Waals surface area contributed by atoms with E-state index in [0.29, 0.717) is 5.92 Å². The van der Waals surface area contributed by atoms with Crippen molar-refractivity contribution in [1.82, 2.24) is 19.6 Å². The van der Waals surface area contributed by atoms with E-state index in [4.69, 9.17) is 4.74 Å². The Hall–Kier alpha value is -0.910. The second kappa shape index (κ2) is 7.62. The summed E-state index contributed by atoms with van der Waals surface area (Å²) in [7, 11) is 4.26. The van der Waals surface area contributed by atoms with Crippen LogP contribution in [-0.4, -0.2) is 73.1 Å². The van der Waals surface area contributed by atoms with E-state index in [0.717, 1.165) is 52.4 Å². The second-order valence-electron chi connectivity index (χ2n) is 5.63. The SMILES string of the molecule is CN(C)C[C@H]1COCCN(CCCn2cccn2)C1. The Kier molecular flexibility index (Phi) is 5.82. The van der Waals surface area contributed by atoms with Gasteiger partial charge in [-0.25, -0.2) is 0 Å². The van der Waals surface area contributed by atoms with E-state index in [1.54, 1.807) is 0 Å². The van der Waals surface area contributed by atoms with Crippen LogP contribution in [0.3, 0.4) is 0 Å². The van der Waals surface area contributed by atoms with Crippen molar-refractivity contribution in [2.75, 3.05) is 53.5 Å². The molecule has 5 heteroatoms. The monoisotopic (exact) mass is 266 g/mol. The molecular weight excluding hydrogens is 240 g/mol. The van der Waals surface area contributed by atoms with E-state index in [1.807, 2.05) is 23.1 Å². The molecule has 2 rings (SSSR count). The molecule has 1 atom stereocenters. The van der Waals surface area contributed by atoms with Gasteiger partial charge in [0, 0.05) is 51.0 Å². The smallest absolute Gasteiger partial charge is 0.0593 e. The zero-order valence-corrected chi connectivity index (χ0v) is 12.2. The Morgan fingerprint density at radius 1 is 1.37 bits per heavy atom. The van der Waals surface area contributed by atoms with Gasteiger partial charge in [-0.05, 0) is 26.6 Å². The van der Waals surface area contributed by atoms with Gasteiger partial charge in [0.1, 0.15) is 0 Å². The van der Waals surface area contributed by atoms with E-state index >= 15 is 0 Å². The highest BCUT2D eigenvalue weighted by atomic mass is 16.5. The molecule has 0 N–H and O–H groups in total. The minimum Gasteiger partial charge on any atom is -0.380 e. The zero-order valence-electron chi connectivity index (χ0n) is 12.2. The van der Waals surface area contributed by atoms with Crippen molar-refractivity contribution >= 4 is 0 Å². The number of hydrogen-bond acceptors (Lipinski definition) is 4. The first kappa shape index (κ1) is 14.5. The van der Waals surface area contributed by atoms with Crippen LogP contribution in [0, 0.1) is 5.92 Å². The minimum absolute atomic E-state index is 0.627. The normalized spacial score (nSPS) is 21.7. The lowest BCUT2D eigenvalue weighted by atomic mass is 10.1. The molecule has 1 fully saturated rings. The standard InChI is InChI=1S/C14H26N4O/c1-16(2)11-14-12-17(9-10-19-13-14)6-4-8-18-7-3-5-15-18/h3,5,7,14H,4,6,8-13H2,1-2H3/t14-/m1/s1. The molecule has 0 amide bonds. The molecule has 2 heterocycles. The van der Waals surface area contributed by atoms with Crippen LogP contribution in [0.4, 0.5) is 0 Å². The van der Waals surface area contributed by atoms with Gasteiger partial charge in [-0.1, -0.05) is 0 Å². The molecule has 5 nitrogen and oxygen atoms in total. The highest BCUT2D eigenvalue weighted by Gasteiger charge is 2.18. The summed E-state index contributed by atoms with van der Waals surface area (Å²) in [5, 5.41) is 4.24. The molecule has 0 radical (unpaired) electrons. The van der Waals surface area contributed by atoms with Crippen LogP contribution in [0.2, 0.25) is 0 Å². The highest BCUT2D eigenvalue weighted by molar-refractivity contribution is 4.78. The van der Waals surface area contributed by atoms with Crippen LogP contribution in [0.1, 0.15) is 6.42 Å². The molecule has 0 unspecified atom stereocenters. The average molecular weight is 266 g/mol. The van der Waals surface area contributed by atoms with Crippen molar-refractivity contribution < 1.29 is 4.74 Å². The van der Waals surface area contributed by atoms with Crippen molar-refractivity contribution in [3.63, 3.8) is 0 Å². The largest absolute Gasteiger partial charge is 0.380 e. The number of rotatable bonds is 6. The summed E-state index contributed by atoms with van der Waals surface area (Å²) in [6.45, 7) is 7.21. The molecule has 1 saturated heterocycles. The Bertz CT molecular complexity index is 339. The molecule has 1 aromatic rings. The van der Waals surface area contributed by atoms with Crippen molar-refractivity contribution in [1.29, 1.82) is 0 Å². The molecule has 1 aromatic heterocycles. The molecule has 108 valence electrons. The summed E-state index contributed by atoms with van der Waals surface area (Å²) in [5.74, 6) is 0.627. The molecule has 0 spiro atoms. The van der Waals surface area contributed by atoms with Gasteiger partial charge in [0.25, 0.3) is 0 Å². The first-order valence-corrected chi connectivity index (χ1v) is 7.16. The summed E-state index contributed by atoms with van der Waals surface area (Å²) >= 11 is 0. The third kappa shape index (κ3) is 5.30. The lowest BCUT2D eigenvalue weighted by Gasteiger charge is -2.25. The van der Waals surface area contributed by atoms with Crippen molar-refractivity contribution in [2.45, 2.75) is 13.0 Å². The van der Waals surface area contributed by atoms with Gasteiger partial charge >= 0.3 is 0 Å². The Labute approximate surface area is 116 Å². The number of ether oxygens (including phenoxy) is 1. The summed E-state index contributed by atoms with van der Waals surface area (Å²) in [6.07, 6.45) is 5.02. The number of hydrogen-bond donors (Lipinski definition) is 0. The minimum atomic E-state index is 0.627. The molecule has 0 bridgehead atoms. The number of aromatic nitrogens is 2. The van der Waals surface area contributed by atoms with Gasteiger partial charge in [0.15, 0.2) is 0 Å². The van der Waals surface area contributed by atoms with E-state index < -0.39 is 0 Å². The van der Waals surface area contributed by atoms with Gasteiger partial charge in [-0.3, -0.25) is 4.68 Å². The van der Waals surface area contributed by atoms with Gasteiger partial charge in [0.2, 0.25) is 0 Å². The third-order valence-electron chi connectivity index (χ3n) is 3.47. The fourth-order valence-electron chi connectivity index (χ4n) is 2.67. The first-order chi connectivity index (χ1) is 9.24. The first-order valence-electron chi connectivity index (χ1n) is 7.16. The molecule has 0 aliphatic carbocycles. The summed E-state index contributed by atoms with van der Waals surface area (Å²) in [4.78, 5) is 4.78. The fourth-order valence-corrected chi connectivity index (χ4v) is 2.67. The summed E-state index contributed by atoms with van der Waals surface area (Å²) < 4.78 is 7.71. The molecule has 1 aliphatic heterocycles. The van der Waals surface area contributed by atoms with Gasteiger partial charge in [-0.2, -0.15) is 5.10 Å². The number of aryl methyl sites for hydroxylation is 1. The molecule has 0 aromatic carbocycles. The van der Waals surface area contributed by atoms with Gasteiger partial charge in [0.05, 0.1) is 13.2 Å². The lowest BCUT2D eigenvalue weighted by Crippen LogP contribution is -2.35. The van der Waals surface area contributed by atoms with Crippen molar-refractivity contribution in [2.24, 2.45) is 5.92 Å². The van der Waals surface area contributed by atoms with E-state index in [1.165, 1.54) is 0 Å². The van der Waals surface area contributed by atoms with Crippen molar-refractivity contribution in [3.05, 3.63) is 18.5 Å². The van der Waals surface area contributed by atoms with Gasteiger partial charge in [-0.15, -0.1) is 0 Å². The fraction of sp³-hybridized carbons (Fsp3) is 0.786. The Balaban J connectivity index is 1.72. The average Bonchev–Trinajstić information content (AvgIpc) is 2.77. The van der Waals surface area contributed by atoms with Crippen LogP contribution < -0.4 is 0 Å². The molecule has 0 saturated carbocycles. The predicted molar refractivity (Wildman–Crippen MR) is 76.1 cm³/mol. The zero-order chi connectivity index (χ0) is 13.5. The Morgan fingerprint density at radius 2 is 2.26 bits per heavy atom. The topological polar surface area (TPSA) is 33.5 Å². The third-order valence-corrected chi connectivity index (χ3v) is 3.47. The quantitative estimate of drug-likeness (QED) is 0.762. The maximum Gasteiger partial charge on any atom is 0.0593 e. The molecule has 19 heavy (non-hydrogen) atoms. The maximum absolute atomic E-state index is 5.70. The van der Waals surface area contributed by atoms with E-state index in [-0.39, 0.29) is 0 Å². The number of nitrogens with zero attached hydrogens (tertiary/aromatic N) is 4. The summed E-state index contributed by atoms with van der Waals surface area (Å²) in [5.41, 5.74) is 0.